The van der Waals surface area contributed by atoms with Crippen LogP contribution in [-0.2, 0) is 91.6 Å². The van der Waals surface area contributed by atoms with Crippen molar-refractivity contribution >= 4 is 22.6 Å². The molecule has 13 heteroatoms. The second-order valence-corrected chi connectivity index (χ2v) is 18.7. The number of hydrogen-bond acceptors (Lipinski definition) is 12. The maximum atomic E-state index is 10.9. The fourth-order valence-corrected chi connectivity index (χ4v) is 9.58. The van der Waals surface area contributed by atoms with Gasteiger partial charge in [-0.15, -0.1) is 0 Å². The lowest BCUT2D eigenvalue weighted by Gasteiger charge is -2.52. The van der Waals surface area contributed by atoms with E-state index in [4.69, 9.17) is 52.1 Å². The highest BCUT2D eigenvalue weighted by molar-refractivity contribution is 14.1. The summed E-state index contributed by atoms with van der Waals surface area (Å²) < 4.78 is 75.8. The van der Waals surface area contributed by atoms with Gasteiger partial charge in [0, 0.05) is 17.1 Å². The summed E-state index contributed by atoms with van der Waals surface area (Å²) in [5.74, 6) is -1.65. The zero-order valence-corrected chi connectivity index (χ0v) is 41.1. The van der Waals surface area contributed by atoms with E-state index in [-0.39, 0.29) is 46.1 Å². The number of nitriles is 1. The Bertz CT molecular complexity index is 2520. The standard InChI is InChI=1S/C57H58INO11/c1-60-55-53(64-35-43-25-13-5-14-26-43)51(62-33-41-21-9-3-10-22-41)49(47(67-55)37-61-32-40-19-7-2-8-20-40)69-56-54(65-36-44-27-15-6-16-28-44)52(63-34-42-23-11-4-12-24-42)50-48(68-56)38-66-57(39-59,70-50)31-45-29-17-18-30-46(45)58/h2-30,47-56H,31-38H2,1H3/t47-,48-,49-,50-,51+,52+,53-,54+,55+,56+,57+/m1/s1. The number of methoxy groups -OCH3 is 1. The van der Waals surface area contributed by atoms with Crippen LogP contribution in [0.5, 0.6) is 0 Å². The third-order valence-electron chi connectivity index (χ3n) is 12.6. The van der Waals surface area contributed by atoms with Gasteiger partial charge in [0.05, 0.1) is 46.2 Å². The molecule has 6 aromatic rings. The second kappa shape index (κ2) is 25.0. The van der Waals surface area contributed by atoms with Gasteiger partial charge in [-0.2, -0.15) is 5.26 Å². The van der Waals surface area contributed by atoms with E-state index < -0.39 is 67.2 Å². The second-order valence-electron chi connectivity index (χ2n) is 17.5. The van der Waals surface area contributed by atoms with Crippen LogP contribution in [0.15, 0.2) is 176 Å². The lowest BCUT2D eigenvalue weighted by atomic mass is 9.94. The minimum atomic E-state index is -1.65. The molecule has 9 rings (SSSR count). The zero-order valence-electron chi connectivity index (χ0n) is 39.0. The van der Waals surface area contributed by atoms with Crippen molar-refractivity contribution in [3.8, 4) is 6.07 Å². The van der Waals surface area contributed by atoms with Gasteiger partial charge in [-0.1, -0.05) is 170 Å². The molecule has 364 valence electrons. The molecule has 0 aromatic heterocycles. The van der Waals surface area contributed by atoms with Crippen molar-refractivity contribution in [2.75, 3.05) is 20.3 Å². The van der Waals surface area contributed by atoms with Crippen LogP contribution < -0.4 is 0 Å². The molecule has 6 aromatic carbocycles. The van der Waals surface area contributed by atoms with Crippen molar-refractivity contribution in [3.63, 3.8) is 0 Å². The van der Waals surface area contributed by atoms with Crippen molar-refractivity contribution in [1.82, 2.24) is 0 Å². The molecule has 0 radical (unpaired) electrons. The summed E-state index contributed by atoms with van der Waals surface area (Å²) in [5, 5.41) is 10.9. The van der Waals surface area contributed by atoms with Crippen LogP contribution in [0.2, 0.25) is 0 Å². The van der Waals surface area contributed by atoms with E-state index in [1.54, 1.807) is 7.11 Å². The average Bonchev–Trinajstić information content (AvgIpc) is 3.41. The molecule has 3 aliphatic heterocycles. The Kier molecular flexibility index (Phi) is 17.9. The quantitative estimate of drug-likeness (QED) is 0.0638. The van der Waals surface area contributed by atoms with Gasteiger partial charge in [0.25, 0.3) is 5.79 Å². The summed E-state index contributed by atoms with van der Waals surface area (Å²) in [4.78, 5) is 0. The Hall–Kier alpha value is -4.90. The summed E-state index contributed by atoms with van der Waals surface area (Å²) >= 11 is 2.27. The molecule has 70 heavy (non-hydrogen) atoms. The monoisotopic (exact) mass is 1060 g/mol. The minimum absolute atomic E-state index is 0.00534. The van der Waals surface area contributed by atoms with E-state index in [0.29, 0.717) is 6.61 Å². The van der Waals surface area contributed by atoms with Crippen LogP contribution in [0.3, 0.4) is 0 Å². The van der Waals surface area contributed by atoms with Crippen LogP contribution in [0.1, 0.15) is 33.4 Å². The number of benzene rings is 6. The first-order valence-corrected chi connectivity index (χ1v) is 24.7. The Labute approximate surface area is 423 Å². The van der Waals surface area contributed by atoms with Gasteiger partial charge in [0.15, 0.2) is 12.6 Å². The molecule has 0 aliphatic carbocycles. The minimum Gasteiger partial charge on any atom is -0.374 e. The SMILES string of the molecule is CO[C@H]1O[C@H](COCc2ccccc2)[C@@H](O[C@@H]2O[C@@H]3CO[C@@](C#N)(Cc4ccccc4I)O[C@H]3[C@H](OCc3ccccc3)[C@@H]2OCc2ccccc2)[C@H](OCc2ccccc2)[C@H]1OCc1ccccc1. The molecule has 0 amide bonds. The first-order valence-electron chi connectivity index (χ1n) is 23.7. The highest BCUT2D eigenvalue weighted by Crippen LogP contribution is 2.40. The molecule has 0 saturated carbocycles. The summed E-state index contributed by atoms with van der Waals surface area (Å²) in [6, 6.07) is 59.9. The molecule has 3 aliphatic rings. The van der Waals surface area contributed by atoms with Crippen LogP contribution in [-0.4, -0.2) is 87.5 Å². The van der Waals surface area contributed by atoms with Gasteiger partial charge in [-0.3, -0.25) is 0 Å². The van der Waals surface area contributed by atoms with Gasteiger partial charge in [0.1, 0.15) is 54.9 Å². The molecule has 3 fully saturated rings. The van der Waals surface area contributed by atoms with Crippen molar-refractivity contribution in [1.29, 1.82) is 5.26 Å². The fourth-order valence-electron chi connectivity index (χ4n) is 9.01. The third-order valence-corrected chi connectivity index (χ3v) is 13.7. The van der Waals surface area contributed by atoms with Gasteiger partial charge in [0.2, 0.25) is 0 Å². The molecule has 3 saturated heterocycles. The number of fused-ring (bicyclic) bond motifs is 1. The Morgan fingerprint density at radius 2 is 1.00 bits per heavy atom. The summed E-state index contributed by atoms with van der Waals surface area (Å²) in [5.41, 5.74) is 5.71. The van der Waals surface area contributed by atoms with E-state index in [9.17, 15) is 5.26 Å². The third kappa shape index (κ3) is 12.9. The summed E-state index contributed by atoms with van der Waals surface area (Å²) in [6.07, 6.45) is -8.39. The van der Waals surface area contributed by atoms with Crippen LogP contribution in [0.25, 0.3) is 0 Å². The van der Waals surface area contributed by atoms with Gasteiger partial charge in [-0.05, 0) is 62.0 Å². The number of hydrogen-bond donors (Lipinski definition) is 0. The largest absolute Gasteiger partial charge is 0.374 e. The smallest absolute Gasteiger partial charge is 0.264 e. The highest BCUT2D eigenvalue weighted by atomic mass is 127. The van der Waals surface area contributed by atoms with Gasteiger partial charge < -0.3 is 52.1 Å². The van der Waals surface area contributed by atoms with Crippen molar-refractivity contribution in [2.45, 2.75) is 107 Å². The Balaban J connectivity index is 1.09. The summed E-state index contributed by atoms with van der Waals surface area (Å²) in [6.45, 7) is 1.32. The van der Waals surface area contributed by atoms with Crippen molar-refractivity contribution in [2.24, 2.45) is 0 Å². The molecule has 0 bridgehead atoms. The van der Waals surface area contributed by atoms with E-state index in [0.717, 1.165) is 37.0 Å². The normalized spacial score (nSPS) is 27.6. The maximum absolute atomic E-state index is 10.9. The molecule has 12 nitrogen and oxygen atoms in total. The van der Waals surface area contributed by atoms with Crippen molar-refractivity contribution < 1.29 is 52.1 Å². The predicted molar refractivity (Wildman–Crippen MR) is 267 cm³/mol. The zero-order chi connectivity index (χ0) is 48.0. The molecule has 11 atom stereocenters. The molecule has 3 heterocycles. The number of halogens is 1. The maximum Gasteiger partial charge on any atom is 0.264 e. The summed E-state index contributed by atoms with van der Waals surface area (Å²) in [7, 11) is 1.59. The number of nitrogens with zero attached hydrogens (tertiary/aromatic N) is 1. The van der Waals surface area contributed by atoms with E-state index >= 15 is 0 Å². The van der Waals surface area contributed by atoms with Crippen LogP contribution in [0.4, 0.5) is 0 Å². The first kappa shape index (κ1) is 50.1. The number of rotatable bonds is 21. The molecule has 0 N–H and O–H groups in total. The van der Waals surface area contributed by atoms with Crippen molar-refractivity contribution in [3.05, 3.63) is 213 Å². The molecular formula is C57H58INO11. The van der Waals surface area contributed by atoms with E-state index in [2.05, 4.69) is 28.7 Å². The fraction of sp³-hybridized carbons (Fsp3) is 0.351. The van der Waals surface area contributed by atoms with E-state index in [1.807, 2.05) is 176 Å². The molecular weight excluding hydrogens is 1000 g/mol. The number of ether oxygens (including phenoxy) is 11. The highest BCUT2D eigenvalue weighted by Gasteiger charge is 2.58. The molecule has 0 unspecified atom stereocenters. The van der Waals surface area contributed by atoms with E-state index in [1.165, 1.54) is 0 Å². The molecule has 0 spiro atoms. The first-order chi connectivity index (χ1) is 34.5. The Morgan fingerprint density at radius 1 is 0.543 bits per heavy atom. The van der Waals surface area contributed by atoms with Gasteiger partial charge >= 0.3 is 0 Å². The van der Waals surface area contributed by atoms with Crippen LogP contribution in [0, 0.1) is 14.9 Å². The van der Waals surface area contributed by atoms with Crippen LogP contribution >= 0.6 is 22.6 Å². The predicted octanol–water partition coefficient (Wildman–Crippen LogP) is 9.51. The average molecular weight is 1060 g/mol. The Morgan fingerprint density at radius 3 is 1.50 bits per heavy atom. The topological polar surface area (TPSA) is 125 Å². The van der Waals surface area contributed by atoms with Gasteiger partial charge in [-0.25, -0.2) is 0 Å². The lowest BCUT2D eigenvalue weighted by molar-refractivity contribution is -0.405. The lowest BCUT2D eigenvalue weighted by Crippen LogP contribution is -2.69.